The number of rotatable bonds is 3. The lowest BCUT2D eigenvalue weighted by Crippen LogP contribution is -2.47. The van der Waals surface area contributed by atoms with Crippen molar-refractivity contribution in [2.24, 2.45) is 5.92 Å². The fraction of sp³-hybridized carbons (Fsp3) is 0.609. The van der Waals surface area contributed by atoms with Crippen molar-refractivity contribution in [2.75, 3.05) is 38.3 Å². The van der Waals surface area contributed by atoms with Gasteiger partial charge in [-0.05, 0) is 57.9 Å². The summed E-state index contributed by atoms with van der Waals surface area (Å²) in [4.78, 5) is 43.0. The molecule has 0 aromatic heterocycles. The second-order valence-corrected chi connectivity index (χ2v) is 10.8. The van der Waals surface area contributed by atoms with Crippen LogP contribution >= 0.6 is 23.2 Å². The van der Waals surface area contributed by atoms with Gasteiger partial charge in [0.2, 0.25) is 11.8 Å². The summed E-state index contributed by atoms with van der Waals surface area (Å²) in [6, 6.07) is 2.97. The number of nitrogens with zero attached hydrogens (tertiary/aromatic N) is 2. The number of amides is 3. The highest BCUT2D eigenvalue weighted by molar-refractivity contribution is 6.42. The summed E-state index contributed by atoms with van der Waals surface area (Å²) in [6.45, 7) is 6.88. The molecule has 3 aliphatic rings. The Labute approximate surface area is 203 Å². The van der Waals surface area contributed by atoms with Gasteiger partial charge in [0.25, 0.3) is 0 Å². The van der Waals surface area contributed by atoms with Gasteiger partial charge in [-0.25, -0.2) is 9.69 Å². The number of carbonyl (C=O) groups excluding carboxylic acids is 3. The van der Waals surface area contributed by atoms with Crippen LogP contribution in [0.15, 0.2) is 12.1 Å². The fourth-order valence-corrected chi connectivity index (χ4v) is 5.36. The summed E-state index contributed by atoms with van der Waals surface area (Å²) in [5.41, 5.74) is -0.314. The molecule has 8 nitrogen and oxygen atoms in total. The molecule has 10 heteroatoms. The van der Waals surface area contributed by atoms with Crippen LogP contribution in [0.25, 0.3) is 0 Å². The smallest absolute Gasteiger partial charge is 0.410 e. The van der Waals surface area contributed by atoms with Gasteiger partial charge in [-0.3, -0.25) is 9.59 Å². The zero-order chi connectivity index (χ0) is 24.1. The van der Waals surface area contributed by atoms with Gasteiger partial charge in [-0.2, -0.15) is 0 Å². The van der Waals surface area contributed by atoms with Crippen LogP contribution in [0.5, 0.6) is 0 Å². The van der Waals surface area contributed by atoms with Gasteiger partial charge >= 0.3 is 6.09 Å². The lowest BCUT2D eigenvalue weighted by molar-refractivity contribution is -0.130. The number of methoxy groups -OCH3 is 1. The number of likely N-dealkylation sites (tertiary alicyclic amines) is 1. The first-order chi connectivity index (χ1) is 15.5. The molecule has 3 aliphatic heterocycles. The van der Waals surface area contributed by atoms with E-state index in [2.05, 4.69) is 5.32 Å². The third-order valence-electron chi connectivity index (χ3n) is 6.53. The van der Waals surface area contributed by atoms with Crippen molar-refractivity contribution < 1.29 is 23.9 Å². The van der Waals surface area contributed by atoms with Crippen molar-refractivity contribution in [3.63, 3.8) is 0 Å². The third-order valence-corrected chi connectivity index (χ3v) is 7.26. The van der Waals surface area contributed by atoms with Crippen molar-refractivity contribution in [3.05, 3.63) is 27.7 Å². The van der Waals surface area contributed by atoms with Gasteiger partial charge in [0, 0.05) is 20.2 Å². The topological polar surface area (TPSA) is 88.2 Å². The SMILES string of the molecule is COC[C@H]1CC(C(=O)N2C(=O)[C@@]3(CCNC3)c3cc(Cl)c(Cl)cc32)CN1C(=O)OC(C)(C)C. The lowest BCUT2D eigenvalue weighted by Gasteiger charge is -2.28. The Morgan fingerprint density at radius 2 is 1.94 bits per heavy atom. The Kier molecular flexibility index (Phi) is 6.41. The predicted molar refractivity (Wildman–Crippen MR) is 125 cm³/mol. The number of ether oxygens (including phenoxy) is 2. The number of benzene rings is 1. The first kappa shape index (κ1) is 24.3. The van der Waals surface area contributed by atoms with E-state index in [0.717, 1.165) is 5.56 Å². The minimum absolute atomic E-state index is 0.146. The third kappa shape index (κ3) is 4.22. The monoisotopic (exact) mass is 497 g/mol. The largest absolute Gasteiger partial charge is 0.444 e. The van der Waals surface area contributed by atoms with Crippen LogP contribution < -0.4 is 10.2 Å². The van der Waals surface area contributed by atoms with Crippen LogP contribution in [0.4, 0.5) is 10.5 Å². The number of hydrogen-bond donors (Lipinski definition) is 1. The summed E-state index contributed by atoms with van der Waals surface area (Å²) in [5.74, 6) is -1.20. The minimum atomic E-state index is -0.839. The number of imide groups is 1. The molecule has 0 radical (unpaired) electrons. The van der Waals surface area contributed by atoms with Crippen LogP contribution in [0.3, 0.4) is 0 Å². The molecule has 4 rings (SSSR count). The van der Waals surface area contributed by atoms with Crippen molar-refractivity contribution in [1.29, 1.82) is 0 Å². The van der Waals surface area contributed by atoms with E-state index < -0.39 is 23.0 Å². The number of carbonyl (C=O) groups is 3. The molecule has 180 valence electrons. The van der Waals surface area contributed by atoms with E-state index in [9.17, 15) is 14.4 Å². The standard InChI is InChI=1S/C23H29Cl2N3O5/c1-22(2,3)33-21(31)27-10-13(7-14(27)11-32-4)19(29)28-18-9-17(25)16(24)8-15(18)23(20(28)30)5-6-26-12-23/h8-9,13-14,26H,5-7,10-12H2,1-4H3/t13?,14-,23-/m1/s1. The Morgan fingerprint density at radius 3 is 2.55 bits per heavy atom. The minimum Gasteiger partial charge on any atom is -0.444 e. The number of anilines is 1. The molecule has 3 atom stereocenters. The average Bonchev–Trinajstić information content (AvgIpc) is 3.42. The highest BCUT2D eigenvalue weighted by atomic mass is 35.5. The normalized spacial score (nSPS) is 26.9. The number of halogens is 2. The highest BCUT2D eigenvalue weighted by Gasteiger charge is 2.56. The van der Waals surface area contributed by atoms with Gasteiger partial charge in [0.1, 0.15) is 5.60 Å². The molecular formula is C23H29Cl2N3O5. The van der Waals surface area contributed by atoms with E-state index in [0.29, 0.717) is 36.6 Å². The average molecular weight is 498 g/mol. The first-order valence-corrected chi connectivity index (χ1v) is 11.8. The Morgan fingerprint density at radius 1 is 1.24 bits per heavy atom. The predicted octanol–water partition coefficient (Wildman–Crippen LogP) is 3.37. The molecule has 1 spiro atoms. The summed E-state index contributed by atoms with van der Waals surface area (Å²) in [7, 11) is 1.55. The van der Waals surface area contributed by atoms with E-state index in [-0.39, 0.29) is 36.0 Å². The molecule has 1 aromatic carbocycles. The number of nitrogens with one attached hydrogen (secondary N) is 1. The van der Waals surface area contributed by atoms with Crippen LogP contribution in [-0.4, -0.2) is 67.8 Å². The molecule has 2 saturated heterocycles. The van der Waals surface area contributed by atoms with E-state index in [4.69, 9.17) is 32.7 Å². The van der Waals surface area contributed by atoms with Crippen molar-refractivity contribution in [3.8, 4) is 0 Å². The van der Waals surface area contributed by atoms with Gasteiger partial charge in [-0.15, -0.1) is 0 Å². The van der Waals surface area contributed by atoms with Crippen LogP contribution in [-0.2, 0) is 24.5 Å². The molecule has 1 aromatic rings. The fourth-order valence-electron chi connectivity index (χ4n) is 5.04. The molecule has 0 saturated carbocycles. The van der Waals surface area contributed by atoms with E-state index in [1.54, 1.807) is 40.0 Å². The van der Waals surface area contributed by atoms with E-state index >= 15 is 0 Å². The molecule has 3 heterocycles. The molecule has 1 unspecified atom stereocenters. The van der Waals surface area contributed by atoms with Gasteiger partial charge in [-0.1, -0.05) is 23.2 Å². The molecular weight excluding hydrogens is 469 g/mol. The molecule has 0 bridgehead atoms. The van der Waals surface area contributed by atoms with E-state index in [1.807, 2.05) is 0 Å². The second kappa shape index (κ2) is 8.73. The van der Waals surface area contributed by atoms with Crippen molar-refractivity contribution >= 4 is 46.8 Å². The summed E-state index contributed by atoms with van der Waals surface area (Å²) in [5, 5.41) is 3.86. The quantitative estimate of drug-likeness (QED) is 0.644. The first-order valence-electron chi connectivity index (χ1n) is 11.1. The number of hydrogen-bond acceptors (Lipinski definition) is 6. The summed E-state index contributed by atoms with van der Waals surface area (Å²) < 4.78 is 10.8. The van der Waals surface area contributed by atoms with Crippen LogP contribution in [0.2, 0.25) is 10.0 Å². The summed E-state index contributed by atoms with van der Waals surface area (Å²) >= 11 is 12.6. The molecule has 33 heavy (non-hydrogen) atoms. The highest BCUT2D eigenvalue weighted by Crippen LogP contribution is 2.49. The summed E-state index contributed by atoms with van der Waals surface area (Å²) in [6.07, 6.45) is 0.443. The van der Waals surface area contributed by atoms with E-state index in [1.165, 1.54) is 9.80 Å². The lowest BCUT2D eigenvalue weighted by atomic mass is 9.81. The maximum atomic E-state index is 13.7. The van der Waals surface area contributed by atoms with Gasteiger partial charge in [0.15, 0.2) is 0 Å². The van der Waals surface area contributed by atoms with Gasteiger partial charge < -0.3 is 19.7 Å². The van der Waals surface area contributed by atoms with Crippen LogP contribution in [0, 0.1) is 5.92 Å². The molecule has 3 amide bonds. The Balaban J connectivity index is 1.65. The van der Waals surface area contributed by atoms with Crippen molar-refractivity contribution in [2.45, 2.75) is 50.7 Å². The zero-order valence-electron chi connectivity index (χ0n) is 19.2. The maximum Gasteiger partial charge on any atom is 0.410 e. The molecule has 0 aliphatic carbocycles. The molecule has 1 N–H and O–H groups in total. The van der Waals surface area contributed by atoms with Gasteiger partial charge in [0.05, 0.1) is 39.7 Å². The van der Waals surface area contributed by atoms with Crippen molar-refractivity contribution in [1.82, 2.24) is 10.2 Å². The second-order valence-electron chi connectivity index (χ2n) is 9.95. The van der Waals surface area contributed by atoms with Crippen LogP contribution in [0.1, 0.15) is 39.2 Å². The Hall–Kier alpha value is -1.87. The maximum absolute atomic E-state index is 13.7. The zero-order valence-corrected chi connectivity index (χ0v) is 20.8. The molecule has 2 fully saturated rings. The Bertz CT molecular complexity index is 987. The number of fused-ring (bicyclic) bond motifs is 2.